The van der Waals surface area contributed by atoms with Crippen LogP contribution in [0.4, 0.5) is 10.3 Å². The maximum atomic E-state index is 13.6. The number of H-pyrrole nitrogens is 1. The van der Waals surface area contributed by atoms with Crippen LogP contribution < -0.4 is 10.6 Å². The van der Waals surface area contributed by atoms with Gasteiger partial charge in [0, 0.05) is 24.8 Å². The lowest BCUT2D eigenvalue weighted by molar-refractivity contribution is -0.231. The highest BCUT2D eigenvalue weighted by Crippen LogP contribution is 2.35. The minimum absolute atomic E-state index is 0.0752. The first-order chi connectivity index (χ1) is 17.4. The van der Waals surface area contributed by atoms with Crippen molar-refractivity contribution < 1.29 is 23.8 Å². The number of nitriles is 1. The number of benzene rings is 1. The van der Waals surface area contributed by atoms with E-state index in [2.05, 4.69) is 30.6 Å². The van der Waals surface area contributed by atoms with Crippen LogP contribution in [0.1, 0.15) is 25.5 Å². The summed E-state index contributed by atoms with van der Waals surface area (Å²) in [7, 11) is 0. The molecule has 1 aromatic carbocycles. The molecule has 11 nitrogen and oxygen atoms in total. The zero-order valence-electron chi connectivity index (χ0n) is 19.6. The summed E-state index contributed by atoms with van der Waals surface area (Å²) in [5, 5.41) is 23.4. The number of carbonyl (C=O) groups is 1. The number of ether oxygens (including phenoxy) is 2. The van der Waals surface area contributed by atoms with E-state index in [1.54, 1.807) is 31.3 Å². The number of halogens is 1. The van der Waals surface area contributed by atoms with E-state index in [-0.39, 0.29) is 51.1 Å². The number of carbonyl (C=O) groups excluding carboxylic acids is 1. The number of hydrogen-bond acceptors (Lipinski definition) is 9. The molecule has 1 fully saturated rings. The molecule has 3 heterocycles. The van der Waals surface area contributed by atoms with Crippen LogP contribution in [0.2, 0.25) is 0 Å². The molecule has 0 bridgehead atoms. The van der Waals surface area contributed by atoms with Crippen LogP contribution in [0.5, 0.6) is 0 Å². The van der Waals surface area contributed by atoms with Crippen molar-refractivity contribution >= 4 is 11.9 Å². The van der Waals surface area contributed by atoms with E-state index in [9.17, 15) is 9.18 Å². The number of aromatic amines is 1. The van der Waals surface area contributed by atoms with Crippen molar-refractivity contribution in [3.8, 4) is 28.7 Å². The third-order valence-electron chi connectivity index (χ3n) is 5.55. The second-order valence-corrected chi connectivity index (χ2v) is 8.45. The highest BCUT2D eigenvalue weighted by molar-refractivity contribution is 5.82. The maximum Gasteiger partial charge on any atom is 0.230 e. The van der Waals surface area contributed by atoms with Crippen LogP contribution in [0.25, 0.3) is 22.6 Å². The Morgan fingerprint density at radius 1 is 1.25 bits per heavy atom. The molecule has 0 spiro atoms. The Kier molecular flexibility index (Phi) is 7.84. The summed E-state index contributed by atoms with van der Waals surface area (Å²) in [5.74, 6) is 0.0536. The molecule has 0 radical (unpaired) electrons. The topological polar surface area (TPSA) is 158 Å². The largest absolute Gasteiger partial charge is 0.395 e. The van der Waals surface area contributed by atoms with Crippen LogP contribution in [0.15, 0.2) is 36.5 Å². The third kappa shape index (κ3) is 5.65. The van der Waals surface area contributed by atoms with Gasteiger partial charge in [0.05, 0.1) is 54.8 Å². The predicted molar refractivity (Wildman–Crippen MR) is 127 cm³/mol. The molecule has 1 saturated heterocycles. The molecule has 12 heteroatoms. The first kappa shape index (κ1) is 25.2. The number of hydrogen-bond donors (Lipinski definition) is 4. The van der Waals surface area contributed by atoms with E-state index >= 15 is 0 Å². The highest BCUT2D eigenvalue weighted by atomic mass is 19.1. The Hall–Kier alpha value is -3.92. The molecule has 3 aromatic rings. The van der Waals surface area contributed by atoms with E-state index in [0.717, 1.165) is 0 Å². The number of imidazole rings is 1. The molecule has 1 amide bonds. The smallest absolute Gasteiger partial charge is 0.230 e. The molecule has 0 saturated carbocycles. The average molecular weight is 496 g/mol. The van der Waals surface area contributed by atoms with Crippen molar-refractivity contribution in [3.63, 3.8) is 0 Å². The third-order valence-corrected chi connectivity index (χ3v) is 5.55. The Labute approximate surface area is 206 Å². The molecule has 1 aliphatic rings. The summed E-state index contributed by atoms with van der Waals surface area (Å²) in [6, 6.07) is 9.57. The minimum atomic E-state index is -0.916. The minimum Gasteiger partial charge on any atom is -0.395 e. The summed E-state index contributed by atoms with van der Waals surface area (Å²) < 4.78 is 25.3. The first-order valence-electron chi connectivity index (χ1n) is 11.4. The van der Waals surface area contributed by atoms with Gasteiger partial charge in [-0.05, 0) is 37.3 Å². The quantitative estimate of drug-likeness (QED) is 0.326. The Morgan fingerprint density at radius 3 is 2.69 bits per heavy atom. The zero-order valence-corrected chi connectivity index (χ0v) is 19.6. The van der Waals surface area contributed by atoms with Crippen LogP contribution in [-0.2, 0) is 14.3 Å². The Morgan fingerprint density at radius 2 is 2.00 bits per heavy atom. The second kappa shape index (κ2) is 11.2. The van der Waals surface area contributed by atoms with Crippen molar-refractivity contribution in [1.82, 2.24) is 25.3 Å². The van der Waals surface area contributed by atoms with Crippen LogP contribution in [0.3, 0.4) is 0 Å². The van der Waals surface area contributed by atoms with Crippen LogP contribution in [-0.4, -0.2) is 63.9 Å². The van der Waals surface area contributed by atoms with Gasteiger partial charge in [0.1, 0.15) is 5.82 Å². The van der Waals surface area contributed by atoms with Crippen molar-refractivity contribution in [3.05, 3.63) is 48.2 Å². The molecule has 2 aromatic heterocycles. The molecule has 0 atom stereocenters. The lowest BCUT2D eigenvalue weighted by atomic mass is 9.91. The molecule has 4 N–H and O–H groups in total. The van der Waals surface area contributed by atoms with Gasteiger partial charge in [0.15, 0.2) is 5.82 Å². The number of aromatic nitrogens is 4. The average Bonchev–Trinajstić information content (AvgIpc) is 3.34. The number of aliphatic hydroxyl groups is 1. The van der Waals surface area contributed by atoms with E-state index in [4.69, 9.17) is 19.8 Å². The summed E-state index contributed by atoms with van der Waals surface area (Å²) in [6.45, 7) is 2.36. The van der Waals surface area contributed by atoms with Crippen LogP contribution in [0, 0.1) is 22.6 Å². The standard InChI is InChI=1S/C24H26FN7O4/c1-24(22(34)27-9-2-8-26)13-35-21(36-14-24)20-31-18(15-3-5-16(25)6-4-15)19(32-20)17-7-10-28-23(30-17)29-11-12-33/h3-7,10,21,33H,2,9,11-14H2,1H3,(H,27,34)(H,31,32)(H,28,29,30). The fourth-order valence-electron chi connectivity index (χ4n) is 3.60. The lowest BCUT2D eigenvalue weighted by Gasteiger charge is -2.35. The monoisotopic (exact) mass is 495 g/mol. The van der Waals surface area contributed by atoms with Gasteiger partial charge >= 0.3 is 0 Å². The molecule has 1 aliphatic heterocycles. The number of nitrogens with zero attached hydrogens (tertiary/aromatic N) is 4. The number of rotatable bonds is 9. The SMILES string of the molecule is CC1(C(=O)NCCC#N)COC(c2nc(-c3ccc(F)cc3)c(-c3ccnc(NCCO)n3)[nH]2)OC1. The Balaban J connectivity index is 1.60. The molecular formula is C24H26FN7O4. The van der Waals surface area contributed by atoms with Crippen LogP contribution >= 0.6 is 0 Å². The molecule has 0 aliphatic carbocycles. The van der Waals surface area contributed by atoms with Gasteiger partial charge in [-0.1, -0.05) is 0 Å². The lowest BCUT2D eigenvalue weighted by Crippen LogP contribution is -2.48. The van der Waals surface area contributed by atoms with Gasteiger partial charge in [-0.15, -0.1) is 0 Å². The second-order valence-electron chi connectivity index (χ2n) is 8.45. The number of amides is 1. The van der Waals surface area contributed by atoms with E-state index in [1.165, 1.54) is 12.1 Å². The number of aliphatic hydroxyl groups excluding tert-OH is 1. The highest BCUT2D eigenvalue weighted by Gasteiger charge is 2.40. The van der Waals surface area contributed by atoms with E-state index in [1.807, 2.05) is 6.07 Å². The van der Waals surface area contributed by atoms with Gasteiger partial charge in [0.25, 0.3) is 0 Å². The van der Waals surface area contributed by atoms with Crippen molar-refractivity contribution in [1.29, 1.82) is 5.26 Å². The summed E-state index contributed by atoms with van der Waals surface area (Å²) >= 11 is 0. The van der Waals surface area contributed by atoms with Gasteiger partial charge in [-0.25, -0.2) is 19.3 Å². The van der Waals surface area contributed by atoms with Gasteiger partial charge in [-0.3, -0.25) is 4.79 Å². The van der Waals surface area contributed by atoms with Gasteiger partial charge in [0.2, 0.25) is 18.1 Å². The number of anilines is 1. The van der Waals surface area contributed by atoms with Gasteiger partial charge < -0.3 is 30.2 Å². The molecular weight excluding hydrogens is 469 g/mol. The van der Waals surface area contributed by atoms with E-state index < -0.39 is 11.7 Å². The van der Waals surface area contributed by atoms with Gasteiger partial charge in [-0.2, -0.15) is 5.26 Å². The maximum absolute atomic E-state index is 13.6. The van der Waals surface area contributed by atoms with Crippen molar-refractivity contribution in [2.75, 3.05) is 38.2 Å². The normalized spacial score (nSPS) is 19.4. The molecule has 0 unspecified atom stereocenters. The molecule has 188 valence electrons. The Bertz CT molecular complexity index is 1230. The fraction of sp³-hybridized carbons (Fsp3) is 0.375. The van der Waals surface area contributed by atoms with Crippen molar-refractivity contribution in [2.45, 2.75) is 19.6 Å². The summed E-state index contributed by atoms with van der Waals surface area (Å²) in [4.78, 5) is 29.0. The van der Waals surface area contributed by atoms with Crippen molar-refractivity contribution in [2.24, 2.45) is 5.41 Å². The first-order valence-corrected chi connectivity index (χ1v) is 11.4. The fourth-order valence-corrected chi connectivity index (χ4v) is 3.60. The molecule has 36 heavy (non-hydrogen) atoms. The van der Waals surface area contributed by atoms with E-state index in [0.29, 0.717) is 34.4 Å². The predicted octanol–water partition coefficient (Wildman–Crippen LogP) is 2.16. The number of nitrogens with one attached hydrogen (secondary N) is 3. The molecule has 4 rings (SSSR count). The zero-order chi connectivity index (χ0) is 25.5. The summed E-state index contributed by atoms with van der Waals surface area (Å²) in [6.07, 6.45) is 0.918. The summed E-state index contributed by atoms with van der Waals surface area (Å²) in [5.41, 5.74) is 1.30.